The first-order valence-electron chi connectivity index (χ1n) is 10.3. The molecule has 2 amide bonds. The number of amides is 2. The van der Waals surface area contributed by atoms with E-state index < -0.39 is 6.10 Å². The maximum Gasteiger partial charge on any atom is 0.255 e. The Kier molecular flexibility index (Phi) is 4.75. The van der Waals surface area contributed by atoms with Gasteiger partial charge in [0.2, 0.25) is 0 Å². The maximum absolute atomic E-state index is 13.0. The van der Waals surface area contributed by atoms with Gasteiger partial charge in [-0.1, -0.05) is 6.07 Å². The van der Waals surface area contributed by atoms with Crippen LogP contribution in [0.4, 0.5) is 0 Å². The summed E-state index contributed by atoms with van der Waals surface area (Å²) in [6, 6.07) is 11.6. The van der Waals surface area contributed by atoms with Crippen molar-refractivity contribution >= 4 is 22.7 Å². The highest BCUT2D eigenvalue weighted by atomic mass is 16.5. The molecule has 4 heterocycles. The lowest BCUT2D eigenvalue weighted by Gasteiger charge is -2.52. The number of carbonyl (C=O) groups excluding carboxylic acids is 2. The van der Waals surface area contributed by atoms with Gasteiger partial charge in [-0.25, -0.2) is 0 Å². The number of benzene rings is 1. The van der Waals surface area contributed by atoms with E-state index in [0.717, 1.165) is 29.3 Å². The van der Waals surface area contributed by atoms with Crippen molar-refractivity contribution in [2.24, 2.45) is 0 Å². The highest BCUT2D eigenvalue weighted by Gasteiger charge is 2.51. The molecule has 0 saturated carbocycles. The minimum Gasteiger partial charge on any atom is -0.369 e. The second-order valence-corrected chi connectivity index (χ2v) is 7.93. The Bertz CT molecular complexity index is 1070. The van der Waals surface area contributed by atoms with Gasteiger partial charge < -0.3 is 19.5 Å². The molecule has 2 fully saturated rings. The standard InChI is InChI=1S/C23H24N4O3/c1-30-21-20(16-4-9-24-10-5-16)27(23(21)29)18-7-12-26(13-8-18)22(28)17-3-2-15-6-11-25-19(15)14-17/h2-6,9-11,14,18,20-21,25H,7-8,12-13H2,1H3/t20-,21+/m0/s1. The quantitative estimate of drug-likeness (QED) is 0.679. The van der Waals surface area contributed by atoms with Crippen LogP contribution in [-0.4, -0.2) is 63.9 Å². The molecule has 0 spiro atoms. The number of β-lactam (4-membered cyclic amide) rings is 1. The Morgan fingerprint density at radius 3 is 2.63 bits per heavy atom. The van der Waals surface area contributed by atoms with Gasteiger partial charge in [-0.2, -0.15) is 0 Å². The first kappa shape index (κ1) is 18.8. The molecule has 0 unspecified atom stereocenters. The fourth-order valence-corrected chi connectivity index (χ4v) is 4.73. The molecule has 2 aliphatic heterocycles. The van der Waals surface area contributed by atoms with Gasteiger partial charge in [0.05, 0.1) is 6.04 Å². The predicted octanol–water partition coefficient (Wildman–Crippen LogP) is 2.77. The number of hydrogen-bond donors (Lipinski definition) is 1. The molecule has 1 N–H and O–H groups in total. The smallest absolute Gasteiger partial charge is 0.255 e. The summed E-state index contributed by atoms with van der Waals surface area (Å²) < 4.78 is 5.45. The van der Waals surface area contributed by atoms with E-state index in [4.69, 9.17) is 4.74 Å². The van der Waals surface area contributed by atoms with E-state index >= 15 is 0 Å². The molecule has 2 aliphatic rings. The molecule has 2 aromatic heterocycles. The third kappa shape index (κ3) is 3.06. The van der Waals surface area contributed by atoms with Crippen LogP contribution in [0.2, 0.25) is 0 Å². The fraction of sp³-hybridized carbons (Fsp3) is 0.348. The van der Waals surface area contributed by atoms with Crippen LogP contribution in [0.1, 0.15) is 34.8 Å². The highest BCUT2D eigenvalue weighted by molar-refractivity contribution is 5.98. The normalized spacial score (nSPS) is 22.4. The molecular weight excluding hydrogens is 380 g/mol. The molecule has 154 valence electrons. The van der Waals surface area contributed by atoms with E-state index in [0.29, 0.717) is 18.7 Å². The number of nitrogens with one attached hydrogen (secondary N) is 1. The largest absolute Gasteiger partial charge is 0.369 e. The number of fused-ring (bicyclic) bond motifs is 1. The van der Waals surface area contributed by atoms with E-state index in [1.807, 2.05) is 52.4 Å². The molecule has 2 saturated heterocycles. The Balaban J connectivity index is 1.28. The summed E-state index contributed by atoms with van der Waals surface area (Å²) in [5.74, 6) is 0.0709. The summed E-state index contributed by atoms with van der Waals surface area (Å²) in [5.41, 5.74) is 2.69. The Morgan fingerprint density at radius 2 is 1.90 bits per heavy atom. The maximum atomic E-state index is 13.0. The monoisotopic (exact) mass is 404 g/mol. The number of piperidine rings is 1. The highest BCUT2D eigenvalue weighted by Crippen LogP contribution is 2.40. The zero-order chi connectivity index (χ0) is 20.7. The second-order valence-electron chi connectivity index (χ2n) is 7.93. The summed E-state index contributed by atoms with van der Waals surface area (Å²) in [6.45, 7) is 1.27. The van der Waals surface area contributed by atoms with Gasteiger partial charge >= 0.3 is 0 Å². The molecule has 7 nitrogen and oxygen atoms in total. The average molecular weight is 404 g/mol. The number of methoxy groups -OCH3 is 1. The van der Waals surface area contributed by atoms with Crippen LogP contribution in [0.25, 0.3) is 10.9 Å². The van der Waals surface area contributed by atoms with Crippen LogP contribution in [0.15, 0.2) is 55.0 Å². The first-order valence-corrected chi connectivity index (χ1v) is 10.3. The number of hydrogen-bond acceptors (Lipinski definition) is 4. The summed E-state index contributed by atoms with van der Waals surface area (Å²) >= 11 is 0. The number of rotatable bonds is 4. The van der Waals surface area contributed by atoms with Crippen LogP contribution in [0.3, 0.4) is 0 Å². The van der Waals surface area contributed by atoms with Gasteiger partial charge in [0.1, 0.15) is 0 Å². The summed E-state index contributed by atoms with van der Waals surface area (Å²) in [4.78, 5) is 36.8. The SMILES string of the molecule is CO[C@H]1C(=O)N(C2CCN(C(=O)c3ccc4cc[nH]c4c3)CC2)[C@H]1c1ccncc1. The molecule has 5 rings (SSSR count). The van der Waals surface area contributed by atoms with Gasteiger partial charge in [-0.15, -0.1) is 0 Å². The molecular formula is C23H24N4O3. The fourth-order valence-electron chi connectivity index (χ4n) is 4.73. The van der Waals surface area contributed by atoms with Gasteiger partial charge in [-0.3, -0.25) is 14.6 Å². The number of carbonyl (C=O) groups is 2. The Hall–Kier alpha value is -3.19. The van der Waals surface area contributed by atoms with Crippen molar-refractivity contribution < 1.29 is 14.3 Å². The lowest BCUT2D eigenvalue weighted by Crippen LogP contribution is -2.64. The third-order valence-electron chi connectivity index (χ3n) is 6.33. The number of aromatic amines is 1. The lowest BCUT2D eigenvalue weighted by molar-refractivity contribution is -0.178. The summed E-state index contributed by atoms with van der Waals surface area (Å²) in [5, 5.41) is 1.09. The predicted molar refractivity (Wildman–Crippen MR) is 112 cm³/mol. The summed E-state index contributed by atoms with van der Waals surface area (Å²) in [6.07, 6.45) is 6.44. The zero-order valence-electron chi connectivity index (χ0n) is 16.8. The lowest BCUT2D eigenvalue weighted by atomic mass is 9.86. The van der Waals surface area contributed by atoms with Gasteiger partial charge in [0.25, 0.3) is 11.8 Å². The Labute approximate surface area is 174 Å². The number of pyridine rings is 1. The van der Waals surface area contributed by atoms with E-state index in [-0.39, 0.29) is 23.9 Å². The van der Waals surface area contributed by atoms with E-state index in [2.05, 4.69) is 9.97 Å². The molecule has 0 aliphatic carbocycles. The molecule has 0 bridgehead atoms. The zero-order valence-corrected chi connectivity index (χ0v) is 16.8. The van der Waals surface area contributed by atoms with E-state index in [9.17, 15) is 9.59 Å². The number of H-pyrrole nitrogens is 1. The first-order chi connectivity index (χ1) is 14.7. The second kappa shape index (κ2) is 7.57. The molecule has 0 radical (unpaired) electrons. The van der Waals surface area contributed by atoms with Crippen LogP contribution in [-0.2, 0) is 9.53 Å². The number of likely N-dealkylation sites (tertiary alicyclic amines) is 2. The molecule has 7 heteroatoms. The molecule has 30 heavy (non-hydrogen) atoms. The van der Waals surface area contributed by atoms with Crippen molar-refractivity contribution in [1.82, 2.24) is 19.8 Å². The molecule has 2 atom stereocenters. The molecule has 1 aromatic carbocycles. The third-order valence-corrected chi connectivity index (χ3v) is 6.33. The van der Waals surface area contributed by atoms with Gasteiger partial charge in [0, 0.05) is 55.9 Å². The van der Waals surface area contributed by atoms with Crippen LogP contribution in [0, 0.1) is 0 Å². The van der Waals surface area contributed by atoms with Crippen molar-refractivity contribution in [3.8, 4) is 0 Å². The number of nitrogens with zero attached hydrogens (tertiary/aromatic N) is 3. The van der Waals surface area contributed by atoms with Crippen LogP contribution < -0.4 is 0 Å². The minimum absolute atomic E-state index is 0.0290. The van der Waals surface area contributed by atoms with Crippen LogP contribution in [0.5, 0.6) is 0 Å². The van der Waals surface area contributed by atoms with Crippen molar-refractivity contribution in [2.45, 2.75) is 31.0 Å². The number of ether oxygens (including phenoxy) is 1. The van der Waals surface area contributed by atoms with Gasteiger partial charge in [0.15, 0.2) is 6.10 Å². The van der Waals surface area contributed by atoms with E-state index in [1.165, 1.54) is 0 Å². The van der Waals surface area contributed by atoms with Crippen molar-refractivity contribution in [1.29, 1.82) is 0 Å². The topological polar surface area (TPSA) is 78.5 Å². The van der Waals surface area contributed by atoms with Crippen LogP contribution >= 0.6 is 0 Å². The van der Waals surface area contributed by atoms with E-state index in [1.54, 1.807) is 19.5 Å². The Morgan fingerprint density at radius 1 is 1.13 bits per heavy atom. The average Bonchev–Trinajstić information content (AvgIpc) is 3.26. The van der Waals surface area contributed by atoms with Crippen molar-refractivity contribution in [3.63, 3.8) is 0 Å². The minimum atomic E-state index is -0.445. The summed E-state index contributed by atoms with van der Waals surface area (Å²) in [7, 11) is 1.58. The van der Waals surface area contributed by atoms with Gasteiger partial charge in [-0.05, 0) is 54.1 Å². The van der Waals surface area contributed by atoms with Crippen molar-refractivity contribution in [2.75, 3.05) is 20.2 Å². The molecule has 3 aromatic rings. The van der Waals surface area contributed by atoms with Crippen molar-refractivity contribution in [3.05, 3.63) is 66.1 Å². The number of aromatic nitrogens is 2.